The minimum atomic E-state index is 1.02. The normalized spacial score (nSPS) is 45.0. The molecule has 0 aromatic rings. The van der Waals surface area contributed by atoms with Crippen LogP contribution in [-0.2, 0) is 0 Å². The molecule has 2 nitrogen and oxygen atoms in total. The van der Waals surface area contributed by atoms with Gasteiger partial charge in [-0.3, -0.25) is 0 Å². The number of rotatable bonds is 0. The molecule has 2 heterocycles. The summed E-state index contributed by atoms with van der Waals surface area (Å²) in [6.45, 7) is 3.80. The average Bonchev–Trinajstić information content (AvgIpc) is 2.12. The lowest BCUT2D eigenvalue weighted by Crippen LogP contribution is -2.45. The Morgan fingerprint density at radius 3 is 3.12 bits per heavy atom. The molecule has 2 aliphatic rings. The zero-order chi connectivity index (χ0) is 5.40. The van der Waals surface area contributed by atoms with Crippen LogP contribution >= 0.6 is 0 Å². The van der Waals surface area contributed by atoms with Crippen LogP contribution in [0.2, 0.25) is 0 Å². The Kier molecular flexibility index (Phi) is 1.02. The predicted octanol–water partition coefficient (Wildman–Crippen LogP) is 0.0547. The molecular formula is C6H12N2+. The van der Waals surface area contributed by atoms with Gasteiger partial charge in [0.05, 0.1) is 6.54 Å². The van der Waals surface area contributed by atoms with E-state index in [0.717, 1.165) is 5.92 Å². The van der Waals surface area contributed by atoms with Crippen molar-refractivity contribution in [3.05, 3.63) is 0 Å². The number of hydrogen-bond donors (Lipinski definition) is 1. The van der Waals surface area contributed by atoms with E-state index >= 15 is 0 Å². The van der Waals surface area contributed by atoms with E-state index in [2.05, 4.69) is 10.4 Å². The minimum Gasteiger partial charge on any atom is -0.119 e. The van der Waals surface area contributed by atoms with Crippen molar-refractivity contribution in [2.75, 3.05) is 19.6 Å². The van der Waals surface area contributed by atoms with Gasteiger partial charge in [-0.05, 0) is 6.42 Å². The second-order valence-electron chi connectivity index (χ2n) is 2.80. The van der Waals surface area contributed by atoms with Crippen molar-refractivity contribution >= 4 is 0 Å². The maximum absolute atomic E-state index is 3.34. The number of hydrazine groups is 1. The molecule has 2 rings (SSSR count). The second kappa shape index (κ2) is 1.71. The minimum absolute atomic E-state index is 1.02. The van der Waals surface area contributed by atoms with Crippen LogP contribution in [0.5, 0.6) is 0 Å². The second-order valence-corrected chi connectivity index (χ2v) is 2.80. The largest absolute Gasteiger partial charge is 0.147 e. The third-order valence-electron chi connectivity index (χ3n) is 2.17. The zero-order valence-electron chi connectivity index (χ0n) is 5.06. The van der Waals surface area contributed by atoms with E-state index < -0.39 is 0 Å². The molecule has 0 aromatic heterocycles. The van der Waals surface area contributed by atoms with E-state index in [4.69, 9.17) is 0 Å². The van der Waals surface area contributed by atoms with Crippen molar-refractivity contribution in [1.82, 2.24) is 10.4 Å². The predicted molar refractivity (Wildman–Crippen MR) is 32.6 cm³/mol. The summed E-state index contributed by atoms with van der Waals surface area (Å²) >= 11 is 0. The highest BCUT2D eigenvalue weighted by Crippen LogP contribution is 2.18. The lowest BCUT2D eigenvalue weighted by molar-refractivity contribution is 0.298. The van der Waals surface area contributed by atoms with Crippen LogP contribution in [0.1, 0.15) is 12.8 Å². The molecule has 2 saturated heterocycles. The maximum atomic E-state index is 3.34. The van der Waals surface area contributed by atoms with Gasteiger partial charge in [0, 0.05) is 12.3 Å². The van der Waals surface area contributed by atoms with E-state index in [1.807, 2.05) is 0 Å². The first-order chi connectivity index (χ1) is 3.95. The van der Waals surface area contributed by atoms with Crippen LogP contribution < -0.4 is 10.4 Å². The number of nitrogens with one attached hydrogen (secondary N) is 1. The van der Waals surface area contributed by atoms with E-state index in [1.165, 1.54) is 32.5 Å². The summed E-state index contributed by atoms with van der Waals surface area (Å²) in [5.41, 5.74) is 3.34. The molecule has 2 heteroatoms. The highest BCUT2D eigenvalue weighted by atomic mass is 15.5. The highest BCUT2D eigenvalue weighted by molar-refractivity contribution is 4.81. The quantitative estimate of drug-likeness (QED) is 0.438. The summed E-state index contributed by atoms with van der Waals surface area (Å²) in [4.78, 5) is 0. The first-order valence-electron chi connectivity index (χ1n) is 3.43. The average molecular weight is 112 g/mol. The Balaban J connectivity index is 2.03. The molecule has 45 valence electrons. The van der Waals surface area contributed by atoms with Crippen molar-refractivity contribution in [1.29, 1.82) is 0 Å². The monoisotopic (exact) mass is 112 g/mol. The number of nitrogens with zero attached hydrogens (tertiary/aromatic N) is 1. The highest BCUT2D eigenvalue weighted by Gasteiger charge is 2.34. The van der Waals surface area contributed by atoms with Gasteiger partial charge < -0.3 is 0 Å². The van der Waals surface area contributed by atoms with E-state index in [-0.39, 0.29) is 0 Å². The molecule has 0 saturated carbocycles. The molecule has 2 aliphatic heterocycles. The summed E-state index contributed by atoms with van der Waals surface area (Å²) in [5.74, 6) is 1.02. The van der Waals surface area contributed by atoms with Crippen LogP contribution in [0.15, 0.2) is 0 Å². The zero-order valence-corrected chi connectivity index (χ0v) is 5.06. The third-order valence-corrected chi connectivity index (χ3v) is 2.17. The topological polar surface area (TPSA) is 17.9 Å². The van der Waals surface area contributed by atoms with Gasteiger partial charge in [0.15, 0.2) is 0 Å². The Bertz CT molecular complexity index is 78.5. The molecule has 0 spiro atoms. The molecule has 0 amide bonds. The molecule has 1 N–H and O–H groups in total. The third kappa shape index (κ3) is 0.644. The summed E-state index contributed by atoms with van der Waals surface area (Å²) < 4.78 is 0. The van der Waals surface area contributed by atoms with Gasteiger partial charge in [0.1, 0.15) is 13.1 Å². The Hall–Kier alpha value is -0.0800. The molecule has 1 radical (unpaired) electrons. The first kappa shape index (κ1) is 4.77. The van der Waals surface area contributed by atoms with Crippen LogP contribution in [0.25, 0.3) is 0 Å². The molecular weight excluding hydrogens is 100 g/mol. The molecule has 2 fully saturated rings. The van der Waals surface area contributed by atoms with Gasteiger partial charge in [-0.1, -0.05) is 5.01 Å². The SMILES string of the molecule is C1CC2CC[N+](C2)N1. The van der Waals surface area contributed by atoms with Gasteiger partial charge >= 0.3 is 0 Å². The Morgan fingerprint density at radius 1 is 1.38 bits per heavy atom. The van der Waals surface area contributed by atoms with Gasteiger partial charge in [-0.2, -0.15) is 0 Å². The summed E-state index contributed by atoms with van der Waals surface area (Å²) in [6, 6.07) is 0. The molecule has 2 atom stereocenters. The maximum Gasteiger partial charge on any atom is 0.147 e. The smallest absolute Gasteiger partial charge is 0.119 e. The van der Waals surface area contributed by atoms with Crippen molar-refractivity contribution in [2.24, 2.45) is 5.92 Å². The van der Waals surface area contributed by atoms with Crippen LogP contribution in [0.4, 0.5) is 0 Å². The fraction of sp³-hybridized carbons (Fsp3) is 1.00. The van der Waals surface area contributed by atoms with E-state index in [9.17, 15) is 0 Å². The first-order valence-corrected chi connectivity index (χ1v) is 3.43. The Labute approximate surface area is 49.8 Å². The molecule has 2 bridgehead atoms. The fourth-order valence-electron chi connectivity index (χ4n) is 1.64. The molecule has 0 aromatic carbocycles. The number of fused-ring (bicyclic) bond motifs is 2. The van der Waals surface area contributed by atoms with E-state index in [1.54, 1.807) is 0 Å². The molecule has 2 unspecified atom stereocenters. The van der Waals surface area contributed by atoms with Crippen molar-refractivity contribution in [2.45, 2.75) is 12.8 Å². The lowest BCUT2D eigenvalue weighted by atomic mass is 10.1. The van der Waals surface area contributed by atoms with Crippen LogP contribution in [0, 0.1) is 5.92 Å². The summed E-state index contributed by atoms with van der Waals surface area (Å²) in [6.07, 6.45) is 2.82. The van der Waals surface area contributed by atoms with Gasteiger partial charge in [-0.15, -0.1) is 5.43 Å². The summed E-state index contributed by atoms with van der Waals surface area (Å²) in [7, 11) is 0. The lowest BCUT2D eigenvalue weighted by Gasteiger charge is -2.12. The van der Waals surface area contributed by atoms with Crippen LogP contribution in [0.3, 0.4) is 0 Å². The van der Waals surface area contributed by atoms with E-state index in [0.29, 0.717) is 0 Å². The van der Waals surface area contributed by atoms with Crippen molar-refractivity contribution in [3.8, 4) is 0 Å². The Morgan fingerprint density at radius 2 is 2.38 bits per heavy atom. The van der Waals surface area contributed by atoms with Gasteiger partial charge in [0.25, 0.3) is 0 Å². The summed E-state index contributed by atoms with van der Waals surface area (Å²) in [5, 5.41) is 2.34. The number of hydrogen-bond acceptors (Lipinski definition) is 2. The standard InChI is InChI=1S/C6H12N2/c1-3-7-8-4-2-6(1)5-8/h6-7H,1-5H2/q+1. The van der Waals surface area contributed by atoms with Gasteiger partial charge in [0.2, 0.25) is 0 Å². The van der Waals surface area contributed by atoms with Crippen molar-refractivity contribution in [3.63, 3.8) is 0 Å². The van der Waals surface area contributed by atoms with Crippen LogP contribution in [-0.4, -0.2) is 19.6 Å². The van der Waals surface area contributed by atoms with Crippen molar-refractivity contribution < 1.29 is 0 Å². The van der Waals surface area contributed by atoms with Gasteiger partial charge in [-0.25, -0.2) is 0 Å². The molecule has 0 aliphatic carbocycles. The fourth-order valence-corrected chi connectivity index (χ4v) is 1.64. The molecule has 8 heavy (non-hydrogen) atoms.